The SMILES string of the molecule is CC(=O)OC[C@H]1O[C@@H](n2cc(C)c(=S)[nH]c2=O)CC1ON=[N+]=[N-]. The van der Waals surface area contributed by atoms with Crippen molar-refractivity contribution >= 4 is 18.2 Å². The van der Waals surface area contributed by atoms with E-state index in [0.717, 1.165) is 0 Å². The molecule has 23 heavy (non-hydrogen) atoms. The van der Waals surface area contributed by atoms with Gasteiger partial charge in [-0.25, -0.2) is 4.79 Å². The Balaban J connectivity index is 2.22. The topological polar surface area (TPSA) is 131 Å². The van der Waals surface area contributed by atoms with Gasteiger partial charge in [0.15, 0.2) is 0 Å². The second kappa shape index (κ2) is 7.27. The standard InChI is InChI=1S/C12H15N5O5S/c1-6-4-17(12(19)14-11(6)23)10-3-8(22-16-15-13)9(21-10)5-20-7(2)18/h4,8-10H,3,5H2,1-2H3,(H,14,19,23)/t8?,9-,10-/m1/s1. The van der Waals surface area contributed by atoms with E-state index in [1.807, 2.05) is 0 Å². The number of hydrogen-bond acceptors (Lipinski definition) is 7. The number of carbonyl (C=O) groups is 1. The van der Waals surface area contributed by atoms with Crippen LogP contribution in [0, 0.1) is 11.6 Å². The molecule has 1 aliphatic heterocycles. The molecule has 0 amide bonds. The van der Waals surface area contributed by atoms with Crippen molar-refractivity contribution in [2.75, 3.05) is 6.61 Å². The molecule has 1 aromatic heterocycles. The molecule has 3 atom stereocenters. The number of nitrogens with one attached hydrogen (secondary N) is 1. The fraction of sp³-hybridized carbons (Fsp3) is 0.583. The van der Waals surface area contributed by atoms with Crippen LogP contribution >= 0.6 is 12.2 Å². The Morgan fingerprint density at radius 3 is 3.09 bits per heavy atom. The number of aryl methyl sites for hydroxylation is 1. The smallest absolute Gasteiger partial charge is 0.328 e. The van der Waals surface area contributed by atoms with Gasteiger partial charge in [0.25, 0.3) is 0 Å². The van der Waals surface area contributed by atoms with Crippen molar-refractivity contribution in [3.05, 3.63) is 37.3 Å². The first-order valence-electron chi connectivity index (χ1n) is 6.73. The normalized spacial score (nSPS) is 23.1. The summed E-state index contributed by atoms with van der Waals surface area (Å²) in [5.41, 5.74) is 8.64. The molecular weight excluding hydrogens is 326 g/mol. The quantitative estimate of drug-likeness (QED) is 0.216. The summed E-state index contributed by atoms with van der Waals surface area (Å²) in [6.45, 7) is 2.95. The molecule has 1 unspecified atom stereocenters. The molecule has 0 spiro atoms. The number of hydrogen-bond donors (Lipinski definition) is 1. The summed E-state index contributed by atoms with van der Waals surface area (Å²) in [5.74, 6) is -0.476. The van der Waals surface area contributed by atoms with E-state index in [9.17, 15) is 9.59 Å². The van der Waals surface area contributed by atoms with Gasteiger partial charge < -0.3 is 14.3 Å². The van der Waals surface area contributed by atoms with Gasteiger partial charge in [-0.05, 0) is 12.5 Å². The van der Waals surface area contributed by atoms with Crippen molar-refractivity contribution in [1.29, 1.82) is 0 Å². The van der Waals surface area contributed by atoms with E-state index < -0.39 is 30.1 Å². The molecular formula is C12H15N5O5S. The number of H-pyrrole nitrogens is 1. The minimum Gasteiger partial charge on any atom is -0.463 e. The average Bonchev–Trinajstić information content (AvgIpc) is 2.89. The highest BCUT2D eigenvalue weighted by Gasteiger charge is 2.39. The maximum Gasteiger partial charge on any atom is 0.328 e. The molecule has 1 saturated heterocycles. The third-order valence-electron chi connectivity index (χ3n) is 3.31. The van der Waals surface area contributed by atoms with Crippen molar-refractivity contribution in [2.45, 2.75) is 38.7 Å². The number of aromatic nitrogens is 2. The van der Waals surface area contributed by atoms with Gasteiger partial charge in [0.2, 0.25) is 0 Å². The van der Waals surface area contributed by atoms with Crippen LogP contribution in [0.3, 0.4) is 0 Å². The summed E-state index contributed by atoms with van der Waals surface area (Å²) in [6.07, 6.45) is -0.150. The van der Waals surface area contributed by atoms with Gasteiger partial charge in [0.05, 0.1) is 0 Å². The van der Waals surface area contributed by atoms with Crippen molar-refractivity contribution in [3.8, 4) is 0 Å². The molecule has 2 rings (SSSR count). The highest BCUT2D eigenvalue weighted by atomic mass is 32.1. The van der Waals surface area contributed by atoms with Gasteiger partial charge >= 0.3 is 11.7 Å². The highest BCUT2D eigenvalue weighted by molar-refractivity contribution is 7.71. The molecule has 2 heterocycles. The van der Waals surface area contributed by atoms with Gasteiger partial charge in [0, 0.05) is 30.0 Å². The van der Waals surface area contributed by atoms with Crippen LogP contribution in [0.2, 0.25) is 0 Å². The lowest BCUT2D eigenvalue weighted by Gasteiger charge is -2.16. The highest BCUT2D eigenvalue weighted by Crippen LogP contribution is 2.30. The lowest BCUT2D eigenvalue weighted by atomic mass is 10.2. The van der Waals surface area contributed by atoms with Crippen LogP contribution in [-0.2, 0) is 19.1 Å². The molecule has 1 N–H and O–H groups in total. The lowest BCUT2D eigenvalue weighted by Crippen LogP contribution is -2.29. The Morgan fingerprint density at radius 2 is 2.43 bits per heavy atom. The molecule has 0 aliphatic carbocycles. The average molecular weight is 341 g/mol. The van der Waals surface area contributed by atoms with Crippen LogP contribution in [0.25, 0.3) is 10.4 Å². The van der Waals surface area contributed by atoms with Crippen molar-refractivity contribution < 1.29 is 19.1 Å². The van der Waals surface area contributed by atoms with Crippen LogP contribution in [0.4, 0.5) is 0 Å². The predicted molar refractivity (Wildman–Crippen MR) is 79.8 cm³/mol. The van der Waals surface area contributed by atoms with Gasteiger partial charge in [-0.2, -0.15) is 0 Å². The maximum atomic E-state index is 12.0. The van der Waals surface area contributed by atoms with E-state index >= 15 is 0 Å². The zero-order valence-corrected chi connectivity index (χ0v) is 13.3. The summed E-state index contributed by atoms with van der Waals surface area (Å²) in [7, 11) is 0. The lowest BCUT2D eigenvalue weighted by molar-refractivity contribution is -0.148. The second-order valence-electron chi connectivity index (χ2n) is 4.96. The number of carbonyl (C=O) groups excluding carboxylic acids is 1. The summed E-state index contributed by atoms with van der Waals surface area (Å²) in [4.78, 5) is 33.0. The summed E-state index contributed by atoms with van der Waals surface area (Å²) >= 11 is 5.00. The van der Waals surface area contributed by atoms with Crippen molar-refractivity contribution in [3.63, 3.8) is 0 Å². The maximum absolute atomic E-state index is 12.0. The first kappa shape index (κ1) is 17.0. The number of rotatable bonds is 5. The van der Waals surface area contributed by atoms with Crippen LogP contribution < -0.4 is 5.69 Å². The molecule has 11 heteroatoms. The van der Waals surface area contributed by atoms with E-state index in [2.05, 4.69) is 15.2 Å². The number of ether oxygens (including phenoxy) is 2. The van der Waals surface area contributed by atoms with E-state index in [0.29, 0.717) is 10.2 Å². The predicted octanol–water partition coefficient (Wildman–Crippen LogP) is 1.68. The molecule has 0 radical (unpaired) electrons. The van der Waals surface area contributed by atoms with Crippen molar-refractivity contribution in [1.82, 2.24) is 9.55 Å². The van der Waals surface area contributed by atoms with Gasteiger partial charge in [0.1, 0.15) is 35.0 Å². The Morgan fingerprint density at radius 1 is 1.70 bits per heavy atom. The van der Waals surface area contributed by atoms with Crippen LogP contribution in [-0.4, -0.2) is 34.3 Å². The summed E-state index contributed by atoms with van der Waals surface area (Å²) < 4.78 is 12.3. The van der Waals surface area contributed by atoms with Crippen LogP contribution in [0.15, 0.2) is 16.3 Å². The van der Waals surface area contributed by atoms with E-state index in [1.165, 1.54) is 11.5 Å². The van der Waals surface area contributed by atoms with Gasteiger partial charge in [-0.15, -0.1) is 0 Å². The Bertz CT molecular complexity index is 753. The third kappa shape index (κ3) is 4.09. The minimum atomic E-state index is -0.662. The number of azide groups is 1. The van der Waals surface area contributed by atoms with Crippen LogP contribution in [0.5, 0.6) is 0 Å². The fourth-order valence-electron chi connectivity index (χ4n) is 2.21. The van der Waals surface area contributed by atoms with Crippen LogP contribution in [0.1, 0.15) is 25.1 Å². The minimum absolute atomic E-state index is 0.0754. The summed E-state index contributed by atoms with van der Waals surface area (Å²) in [5, 5.41) is 3.06. The Hall–Kier alpha value is -2.36. The van der Waals surface area contributed by atoms with Crippen molar-refractivity contribution in [2.24, 2.45) is 5.28 Å². The summed E-state index contributed by atoms with van der Waals surface area (Å²) in [6, 6.07) is 0. The Labute approximate surface area is 135 Å². The zero-order chi connectivity index (χ0) is 17.0. The molecule has 10 nitrogen and oxygen atoms in total. The Kier molecular flexibility index (Phi) is 5.37. The molecule has 1 aliphatic rings. The molecule has 0 aromatic carbocycles. The first-order chi connectivity index (χ1) is 10.9. The number of aromatic amines is 1. The van der Waals surface area contributed by atoms with E-state index in [-0.39, 0.29) is 13.0 Å². The molecule has 1 fully saturated rings. The molecule has 124 valence electrons. The zero-order valence-electron chi connectivity index (χ0n) is 12.5. The molecule has 0 bridgehead atoms. The number of nitrogens with zero attached hydrogens (tertiary/aromatic N) is 4. The first-order valence-corrected chi connectivity index (χ1v) is 7.14. The second-order valence-corrected chi connectivity index (χ2v) is 5.37. The monoisotopic (exact) mass is 341 g/mol. The van der Waals surface area contributed by atoms with E-state index in [4.69, 9.17) is 32.1 Å². The largest absolute Gasteiger partial charge is 0.463 e. The fourth-order valence-corrected chi connectivity index (χ4v) is 2.35. The van der Waals surface area contributed by atoms with Gasteiger partial charge in [-0.3, -0.25) is 14.3 Å². The van der Waals surface area contributed by atoms with Gasteiger partial charge in [-0.1, -0.05) is 12.2 Å². The third-order valence-corrected chi connectivity index (χ3v) is 3.73. The number of esters is 1. The molecule has 1 aromatic rings. The molecule has 0 saturated carbocycles. The van der Waals surface area contributed by atoms with E-state index in [1.54, 1.807) is 13.1 Å².